The zero-order valence-corrected chi connectivity index (χ0v) is 15.7. The molecule has 1 heterocycles. The maximum absolute atomic E-state index is 12.1. The highest BCUT2D eigenvalue weighted by atomic mass is 35.5. The van der Waals surface area contributed by atoms with Gasteiger partial charge in [0.25, 0.3) is 0 Å². The summed E-state index contributed by atoms with van der Waals surface area (Å²) in [6.45, 7) is 1.44. The van der Waals surface area contributed by atoms with Gasteiger partial charge in [-0.2, -0.15) is 0 Å². The Labute approximate surface area is 160 Å². The van der Waals surface area contributed by atoms with Gasteiger partial charge in [-0.25, -0.2) is 0 Å². The van der Waals surface area contributed by atoms with Crippen molar-refractivity contribution in [2.75, 3.05) is 13.7 Å². The lowest BCUT2D eigenvalue weighted by Gasteiger charge is -2.22. The summed E-state index contributed by atoms with van der Waals surface area (Å²) in [4.78, 5) is 12.1. The van der Waals surface area contributed by atoms with Crippen LogP contribution in [-0.2, 0) is 11.3 Å². The maximum atomic E-state index is 12.1. The Morgan fingerprint density at radius 3 is 2.50 bits per heavy atom. The molecule has 0 aliphatic carbocycles. The van der Waals surface area contributed by atoms with Crippen molar-refractivity contribution in [1.82, 2.24) is 10.6 Å². The second kappa shape index (κ2) is 10.0. The van der Waals surface area contributed by atoms with E-state index < -0.39 is 0 Å². The van der Waals surface area contributed by atoms with Crippen molar-refractivity contribution in [1.29, 1.82) is 0 Å². The van der Waals surface area contributed by atoms with E-state index in [1.807, 2.05) is 48.5 Å². The monoisotopic (exact) mass is 376 g/mol. The van der Waals surface area contributed by atoms with Crippen molar-refractivity contribution >= 4 is 18.3 Å². The van der Waals surface area contributed by atoms with Crippen LogP contribution in [0.3, 0.4) is 0 Å². The van der Waals surface area contributed by atoms with Crippen LogP contribution in [0.4, 0.5) is 0 Å². The van der Waals surface area contributed by atoms with Gasteiger partial charge in [-0.05, 0) is 49.2 Å². The number of amides is 1. The minimum atomic E-state index is -0.0538. The Hall–Kier alpha value is -2.24. The van der Waals surface area contributed by atoms with Crippen LogP contribution in [0, 0.1) is 0 Å². The van der Waals surface area contributed by atoms with E-state index in [0.29, 0.717) is 18.0 Å². The lowest BCUT2D eigenvalue weighted by atomic mass is 10.0. The highest BCUT2D eigenvalue weighted by molar-refractivity contribution is 5.85. The van der Waals surface area contributed by atoms with Crippen LogP contribution in [0.2, 0.25) is 0 Å². The number of carbonyl (C=O) groups excluding carboxylic acids is 1. The fraction of sp³-hybridized carbons (Fsp3) is 0.350. The first kappa shape index (κ1) is 20.1. The average Bonchev–Trinajstić information content (AvgIpc) is 2.68. The lowest BCUT2D eigenvalue weighted by Crippen LogP contribution is -2.46. The van der Waals surface area contributed by atoms with E-state index in [0.717, 1.165) is 37.1 Å². The number of hydrogen-bond acceptors (Lipinski definition) is 4. The first-order valence-electron chi connectivity index (χ1n) is 8.67. The molecule has 6 heteroatoms. The van der Waals surface area contributed by atoms with Gasteiger partial charge in [0, 0.05) is 6.54 Å². The molecule has 2 aromatic rings. The number of halogens is 1. The summed E-state index contributed by atoms with van der Waals surface area (Å²) < 4.78 is 11.1. The minimum absolute atomic E-state index is 0. The molecule has 1 unspecified atom stereocenters. The average molecular weight is 377 g/mol. The Balaban J connectivity index is 0.00000243. The summed E-state index contributed by atoms with van der Waals surface area (Å²) >= 11 is 0. The zero-order chi connectivity index (χ0) is 17.5. The Kier molecular flexibility index (Phi) is 7.75. The number of ether oxygens (including phenoxy) is 2. The molecule has 1 amide bonds. The number of nitrogens with one attached hydrogen (secondary N) is 2. The molecule has 0 spiro atoms. The first-order chi connectivity index (χ1) is 12.3. The molecule has 1 aliphatic heterocycles. The van der Waals surface area contributed by atoms with Crippen molar-refractivity contribution in [3.63, 3.8) is 0 Å². The molecule has 1 atom stereocenters. The standard InChI is InChI=1S/C20H24N2O3.ClH/c1-24-18-7-2-3-8-19(18)25-16-11-9-15(10-12-16)14-22-20(23)17-6-4-5-13-21-17;/h2-3,7-12,17,21H,4-6,13-14H2,1H3,(H,22,23);1H. The van der Waals surface area contributed by atoms with Crippen LogP contribution in [0.15, 0.2) is 48.5 Å². The molecule has 26 heavy (non-hydrogen) atoms. The van der Waals surface area contributed by atoms with Crippen LogP contribution in [0.5, 0.6) is 17.2 Å². The number of piperidine rings is 1. The molecule has 0 aromatic heterocycles. The van der Waals surface area contributed by atoms with E-state index in [9.17, 15) is 4.79 Å². The molecule has 0 saturated carbocycles. The number of carbonyl (C=O) groups is 1. The summed E-state index contributed by atoms with van der Waals surface area (Å²) in [7, 11) is 1.62. The smallest absolute Gasteiger partial charge is 0.237 e. The highest BCUT2D eigenvalue weighted by Crippen LogP contribution is 2.30. The van der Waals surface area contributed by atoms with E-state index in [-0.39, 0.29) is 24.4 Å². The normalized spacial score (nSPS) is 16.3. The maximum Gasteiger partial charge on any atom is 0.237 e. The highest BCUT2D eigenvalue weighted by Gasteiger charge is 2.19. The van der Waals surface area contributed by atoms with Gasteiger partial charge in [0.05, 0.1) is 13.2 Å². The fourth-order valence-corrected chi connectivity index (χ4v) is 2.89. The predicted molar refractivity (Wildman–Crippen MR) is 104 cm³/mol. The van der Waals surface area contributed by atoms with Crippen molar-refractivity contribution < 1.29 is 14.3 Å². The van der Waals surface area contributed by atoms with E-state index in [1.165, 1.54) is 0 Å². The summed E-state index contributed by atoms with van der Waals surface area (Å²) in [5.74, 6) is 2.18. The van der Waals surface area contributed by atoms with Crippen molar-refractivity contribution in [2.45, 2.75) is 31.8 Å². The summed E-state index contributed by atoms with van der Waals surface area (Å²) in [5, 5.41) is 6.25. The van der Waals surface area contributed by atoms with Gasteiger partial charge in [0.1, 0.15) is 5.75 Å². The number of benzene rings is 2. The van der Waals surface area contributed by atoms with Crippen LogP contribution in [0.25, 0.3) is 0 Å². The molecule has 1 saturated heterocycles. The van der Waals surface area contributed by atoms with Gasteiger partial charge >= 0.3 is 0 Å². The Bertz CT molecular complexity index is 700. The van der Waals surface area contributed by atoms with Gasteiger partial charge in [-0.3, -0.25) is 4.79 Å². The molecular formula is C20H25ClN2O3. The molecule has 0 bridgehead atoms. The van der Waals surface area contributed by atoms with E-state index >= 15 is 0 Å². The second-order valence-corrected chi connectivity index (χ2v) is 6.12. The predicted octanol–water partition coefficient (Wildman–Crippen LogP) is 3.67. The lowest BCUT2D eigenvalue weighted by molar-refractivity contribution is -0.123. The van der Waals surface area contributed by atoms with Gasteiger partial charge in [0.2, 0.25) is 5.91 Å². The topological polar surface area (TPSA) is 59.6 Å². The molecule has 1 fully saturated rings. The second-order valence-electron chi connectivity index (χ2n) is 6.12. The SMILES string of the molecule is COc1ccccc1Oc1ccc(CNC(=O)C2CCCCN2)cc1.Cl. The summed E-state index contributed by atoms with van der Waals surface area (Å²) in [5.41, 5.74) is 1.04. The van der Waals surface area contributed by atoms with Crippen molar-refractivity contribution in [3.8, 4) is 17.2 Å². The molecule has 3 rings (SSSR count). The molecule has 2 N–H and O–H groups in total. The van der Waals surface area contributed by atoms with Crippen LogP contribution < -0.4 is 20.1 Å². The van der Waals surface area contributed by atoms with Gasteiger partial charge in [0.15, 0.2) is 11.5 Å². The molecule has 1 aliphatic rings. The Morgan fingerprint density at radius 1 is 1.12 bits per heavy atom. The quantitative estimate of drug-likeness (QED) is 0.807. The zero-order valence-electron chi connectivity index (χ0n) is 14.9. The van der Waals surface area contributed by atoms with E-state index in [1.54, 1.807) is 7.11 Å². The van der Waals surface area contributed by atoms with Crippen molar-refractivity contribution in [2.24, 2.45) is 0 Å². The third-order valence-electron chi connectivity index (χ3n) is 4.31. The number of methoxy groups -OCH3 is 1. The number of rotatable bonds is 6. The van der Waals surface area contributed by atoms with Crippen LogP contribution in [-0.4, -0.2) is 25.6 Å². The number of hydrogen-bond donors (Lipinski definition) is 2. The minimum Gasteiger partial charge on any atom is -0.493 e. The van der Waals surface area contributed by atoms with Gasteiger partial charge < -0.3 is 20.1 Å². The van der Waals surface area contributed by atoms with Crippen LogP contribution >= 0.6 is 12.4 Å². The Morgan fingerprint density at radius 2 is 1.85 bits per heavy atom. The number of para-hydroxylation sites is 2. The van der Waals surface area contributed by atoms with Crippen molar-refractivity contribution in [3.05, 3.63) is 54.1 Å². The van der Waals surface area contributed by atoms with Crippen LogP contribution in [0.1, 0.15) is 24.8 Å². The van der Waals surface area contributed by atoms with Gasteiger partial charge in [-0.1, -0.05) is 30.7 Å². The van der Waals surface area contributed by atoms with Gasteiger partial charge in [-0.15, -0.1) is 12.4 Å². The fourth-order valence-electron chi connectivity index (χ4n) is 2.89. The third-order valence-corrected chi connectivity index (χ3v) is 4.31. The molecule has 0 radical (unpaired) electrons. The summed E-state index contributed by atoms with van der Waals surface area (Å²) in [6, 6.07) is 15.2. The third kappa shape index (κ3) is 5.38. The largest absolute Gasteiger partial charge is 0.493 e. The molecular weight excluding hydrogens is 352 g/mol. The summed E-state index contributed by atoms with van der Waals surface area (Å²) in [6.07, 6.45) is 3.18. The van der Waals surface area contributed by atoms with E-state index in [2.05, 4.69) is 10.6 Å². The molecule has 2 aromatic carbocycles. The molecule has 140 valence electrons. The van der Waals surface area contributed by atoms with E-state index in [4.69, 9.17) is 9.47 Å². The molecule has 5 nitrogen and oxygen atoms in total. The first-order valence-corrected chi connectivity index (χ1v) is 8.67.